The molecule has 0 saturated carbocycles. The fourth-order valence-corrected chi connectivity index (χ4v) is 1.69. The van der Waals surface area contributed by atoms with Gasteiger partial charge >= 0.3 is 0 Å². The van der Waals surface area contributed by atoms with Crippen molar-refractivity contribution in [1.82, 2.24) is 9.78 Å². The third-order valence-corrected chi connectivity index (χ3v) is 2.64. The molecule has 4 nitrogen and oxygen atoms in total. The number of carboxylic acid groups (broad SMARTS) is 1. The lowest BCUT2D eigenvalue weighted by Gasteiger charge is -2.07. The van der Waals surface area contributed by atoms with E-state index in [1.807, 2.05) is 12.1 Å². The maximum absolute atomic E-state index is 10.9. The van der Waals surface area contributed by atoms with E-state index in [2.05, 4.69) is 21.0 Å². The monoisotopic (exact) mass is 279 g/mol. The van der Waals surface area contributed by atoms with Crippen LogP contribution in [-0.2, 0) is 0 Å². The first-order valence-corrected chi connectivity index (χ1v) is 5.41. The summed E-state index contributed by atoms with van der Waals surface area (Å²) in [5, 5.41) is 15.0. The summed E-state index contributed by atoms with van der Waals surface area (Å²) in [4.78, 5) is 10.9. The molecule has 16 heavy (non-hydrogen) atoms. The van der Waals surface area contributed by atoms with Crippen molar-refractivity contribution >= 4 is 21.9 Å². The summed E-state index contributed by atoms with van der Waals surface area (Å²) < 4.78 is 2.28. The van der Waals surface area contributed by atoms with E-state index in [-0.39, 0.29) is 5.69 Å². The van der Waals surface area contributed by atoms with Crippen LogP contribution in [0, 0.1) is 6.92 Å². The lowest BCUT2D eigenvalue weighted by molar-refractivity contribution is -0.255. The number of hydrogen-bond donors (Lipinski definition) is 0. The minimum atomic E-state index is -1.23. The van der Waals surface area contributed by atoms with Crippen molar-refractivity contribution in [3.8, 4) is 5.69 Å². The highest BCUT2D eigenvalue weighted by Gasteiger charge is 2.07. The van der Waals surface area contributed by atoms with E-state index in [0.717, 1.165) is 4.47 Å². The minimum Gasteiger partial charge on any atom is -0.543 e. The van der Waals surface area contributed by atoms with Gasteiger partial charge in [0.2, 0.25) is 0 Å². The van der Waals surface area contributed by atoms with E-state index in [4.69, 9.17) is 0 Å². The van der Waals surface area contributed by atoms with Gasteiger partial charge in [0.1, 0.15) is 0 Å². The van der Waals surface area contributed by atoms with Gasteiger partial charge in [0, 0.05) is 4.47 Å². The molecule has 0 saturated heterocycles. The van der Waals surface area contributed by atoms with Gasteiger partial charge in [0.25, 0.3) is 0 Å². The zero-order valence-corrected chi connectivity index (χ0v) is 10.1. The molecule has 0 spiro atoms. The highest BCUT2D eigenvalue weighted by atomic mass is 79.9. The van der Waals surface area contributed by atoms with Crippen LogP contribution >= 0.6 is 15.9 Å². The molecule has 0 atom stereocenters. The predicted octanol–water partition coefficient (Wildman–Crippen LogP) is 1.31. The Morgan fingerprint density at radius 2 is 2.00 bits per heavy atom. The summed E-state index contributed by atoms with van der Waals surface area (Å²) >= 11 is 3.31. The van der Waals surface area contributed by atoms with Crippen molar-refractivity contribution in [2.75, 3.05) is 0 Å². The Balaban J connectivity index is 2.55. The molecular formula is C11H8BrN2O2-. The number of carbonyl (C=O) groups is 1. The van der Waals surface area contributed by atoms with Gasteiger partial charge in [-0.1, -0.05) is 15.9 Å². The van der Waals surface area contributed by atoms with Gasteiger partial charge in [-0.3, -0.25) is 0 Å². The molecule has 1 aromatic heterocycles. The summed E-state index contributed by atoms with van der Waals surface area (Å²) in [5.74, 6) is -1.23. The first-order chi connectivity index (χ1) is 7.58. The second kappa shape index (κ2) is 4.09. The quantitative estimate of drug-likeness (QED) is 0.833. The maximum atomic E-state index is 10.9. The van der Waals surface area contributed by atoms with Crippen LogP contribution in [-0.4, -0.2) is 15.7 Å². The molecular weight excluding hydrogens is 272 g/mol. The molecule has 1 heterocycles. The molecule has 0 unspecified atom stereocenters. The van der Waals surface area contributed by atoms with Crippen molar-refractivity contribution in [3.05, 3.63) is 46.2 Å². The van der Waals surface area contributed by atoms with Gasteiger partial charge < -0.3 is 9.90 Å². The molecule has 0 amide bonds. The van der Waals surface area contributed by atoms with Crippen LogP contribution in [0.5, 0.6) is 0 Å². The Morgan fingerprint density at radius 3 is 2.56 bits per heavy atom. The number of halogens is 1. The van der Waals surface area contributed by atoms with Crippen LogP contribution < -0.4 is 5.11 Å². The average Bonchev–Trinajstić information content (AvgIpc) is 2.61. The van der Waals surface area contributed by atoms with E-state index >= 15 is 0 Å². The van der Waals surface area contributed by atoms with Crippen molar-refractivity contribution < 1.29 is 9.90 Å². The van der Waals surface area contributed by atoms with E-state index in [9.17, 15) is 9.90 Å². The maximum Gasteiger partial charge on any atom is 0.0901 e. The van der Waals surface area contributed by atoms with Gasteiger partial charge in [-0.15, -0.1) is 0 Å². The average molecular weight is 280 g/mol. The number of aromatic carboxylic acids is 1. The predicted molar refractivity (Wildman–Crippen MR) is 60.3 cm³/mol. The summed E-state index contributed by atoms with van der Waals surface area (Å²) in [5.41, 5.74) is 1.39. The first-order valence-electron chi connectivity index (χ1n) is 4.62. The van der Waals surface area contributed by atoms with Crippen LogP contribution in [0.2, 0.25) is 0 Å². The van der Waals surface area contributed by atoms with Crippen LogP contribution in [0.4, 0.5) is 0 Å². The van der Waals surface area contributed by atoms with Crippen molar-refractivity contribution in [2.45, 2.75) is 6.92 Å². The molecule has 0 radical (unpaired) electrons. The van der Waals surface area contributed by atoms with Crippen molar-refractivity contribution in [1.29, 1.82) is 0 Å². The number of benzene rings is 1. The van der Waals surface area contributed by atoms with E-state index in [0.29, 0.717) is 11.4 Å². The van der Waals surface area contributed by atoms with Gasteiger partial charge in [-0.2, -0.15) is 5.10 Å². The minimum absolute atomic E-state index is 0.0554. The number of carboxylic acids is 1. The van der Waals surface area contributed by atoms with Crippen LogP contribution in [0.25, 0.3) is 5.69 Å². The summed E-state index contributed by atoms with van der Waals surface area (Å²) in [6, 6.07) is 8.69. The molecule has 0 aliphatic rings. The third kappa shape index (κ3) is 1.99. The Morgan fingerprint density at radius 1 is 1.38 bits per heavy atom. The van der Waals surface area contributed by atoms with E-state index in [1.165, 1.54) is 10.7 Å². The van der Waals surface area contributed by atoms with Gasteiger partial charge in [-0.25, -0.2) is 4.68 Å². The van der Waals surface area contributed by atoms with Crippen molar-refractivity contribution in [3.63, 3.8) is 0 Å². The smallest absolute Gasteiger partial charge is 0.0901 e. The standard InChI is InChI=1S/C11H9BrN2O2/c1-7-6-10(11(15)16)14(13-7)9-4-2-8(12)3-5-9/h2-6H,1H3,(H,15,16)/p-1. The SMILES string of the molecule is Cc1cc(C(=O)[O-])n(-c2ccc(Br)cc2)n1. The third-order valence-electron chi connectivity index (χ3n) is 2.11. The number of rotatable bonds is 2. The fraction of sp³-hybridized carbons (Fsp3) is 0.0909. The fourth-order valence-electron chi connectivity index (χ4n) is 1.42. The summed E-state index contributed by atoms with van der Waals surface area (Å²) in [6.07, 6.45) is 0. The molecule has 0 fully saturated rings. The molecule has 0 bridgehead atoms. The number of aromatic nitrogens is 2. The highest BCUT2D eigenvalue weighted by Crippen LogP contribution is 2.16. The molecule has 0 aliphatic heterocycles. The lowest BCUT2D eigenvalue weighted by atomic mass is 10.3. The number of nitrogens with zero attached hydrogens (tertiary/aromatic N) is 2. The molecule has 5 heteroatoms. The Kier molecular flexibility index (Phi) is 2.78. The van der Waals surface area contributed by atoms with Gasteiger partial charge in [-0.05, 0) is 37.3 Å². The molecule has 1 aromatic carbocycles. The Hall–Kier alpha value is -1.62. The number of aryl methyl sites for hydroxylation is 1. The molecule has 0 N–H and O–H groups in total. The molecule has 82 valence electrons. The van der Waals surface area contributed by atoms with Gasteiger partial charge in [0.15, 0.2) is 0 Å². The molecule has 2 rings (SSSR count). The van der Waals surface area contributed by atoms with Crippen LogP contribution in [0.15, 0.2) is 34.8 Å². The Labute approximate surface area is 101 Å². The number of hydrogen-bond acceptors (Lipinski definition) is 3. The van der Waals surface area contributed by atoms with Crippen LogP contribution in [0.3, 0.4) is 0 Å². The second-order valence-corrected chi connectivity index (χ2v) is 4.26. The van der Waals surface area contributed by atoms with E-state index in [1.54, 1.807) is 19.1 Å². The summed E-state index contributed by atoms with van der Waals surface area (Å²) in [6.45, 7) is 1.74. The summed E-state index contributed by atoms with van der Waals surface area (Å²) in [7, 11) is 0. The largest absolute Gasteiger partial charge is 0.543 e. The first kappa shape index (κ1) is 10.9. The number of carbonyl (C=O) groups excluding carboxylic acids is 1. The Bertz CT molecular complexity index is 531. The zero-order valence-electron chi connectivity index (χ0n) is 8.48. The molecule has 0 aliphatic carbocycles. The van der Waals surface area contributed by atoms with Gasteiger partial charge in [0.05, 0.1) is 23.0 Å². The normalized spacial score (nSPS) is 10.4. The van der Waals surface area contributed by atoms with E-state index < -0.39 is 5.97 Å². The highest BCUT2D eigenvalue weighted by molar-refractivity contribution is 9.10. The van der Waals surface area contributed by atoms with Crippen LogP contribution in [0.1, 0.15) is 16.2 Å². The second-order valence-electron chi connectivity index (χ2n) is 3.35. The topological polar surface area (TPSA) is 57.9 Å². The van der Waals surface area contributed by atoms with Crippen molar-refractivity contribution in [2.24, 2.45) is 0 Å². The lowest BCUT2D eigenvalue weighted by Crippen LogP contribution is -2.25. The molecule has 2 aromatic rings. The zero-order chi connectivity index (χ0) is 11.7.